The second-order valence-corrected chi connectivity index (χ2v) is 5.74. The number of fused-ring (bicyclic) bond motifs is 1. The van der Waals surface area contributed by atoms with Crippen LogP contribution in [0.2, 0.25) is 4.34 Å². The highest BCUT2D eigenvalue weighted by Gasteiger charge is 2.24. The monoisotopic (exact) mass is 244 g/mol. The predicted octanol–water partition coefficient (Wildman–Crippen LogP) is 2.72. The molecule has 0 aliphatic heterocycles. The van der Waals surface area contributed by atoms with Crippen LogP contribution in [0.5, 0.6) is 0 Å². The van der Waals surface area contributed by atoms with E-state index in [4.69, 9.17) is 17.3 Å². The number of halogens is 1. The highest BCUT2D eigenvalue weighted by Crippen LogP contribution is 2.39. The van der Waals surface area contributed by atoms with Crippen molar-refractivity contribution in [3.05, 3.63) is 20.8 Å². The lowest BCUT2D eigenvalue weighted by Crippen LogP contribution is -2.20. The number of nitrogens with one attached hydrogen (secondary N) is 1. The van der Waals surface area contributed by atoms with Gasteiger partial charge in [-0.3, -0.25) is 0 Å². The molecule has 84 valence electrons. The summed E-state index contributed by atoms with van der Waals surface area (Å²) in [5, 5.41) is 3.58. The summed E-state index contributed by atoms with van der Waals surface area (Å²) in [6, 6.07) is 2.65. The van der Waals surface area contributed by atoms with Crippen molar-refractivity contribution in [1.29, 1.82) is 0 Å². The van der Waals surface area contributed by atoms with Crippen LogP contribution in [0.4, 0.5) is 0 Å². The molecule has 1 aromatic rings. The Morgan fingerprint density at radius 2 is 2.40 bits per heavy atom. The minimum Gasteiger partial charge on any atom is -0.330 e. The summed E-state index contributed by atoms with van der Waals surface area (Å²) in [6.07, 6.45) is 4.68. The maximum absolute atomic E-state index is 6.00. The van der Waals surface area contributed by atoms with Gasteiger partial charge in [0.2, 0.25) is 0 Å². The van der Waals surface area contributed by atoms with Crippen LogP contribution in [0.3, 0.4) is 0 Å². The number of unbranched alkanes of at least 4 members (excludes halogenated alkanes) is 1. The third-order valence-electron chi connectivity index (χ3n) is 2.87. The van der Waals surface area contributed by atoms with Gasteiger partial charge in [0.05, 0.1) is 4.34 Å². The van der Waals surface area contributed by atoms with Gasteiger partial charge in [0.1, 0.15) is 0 Å². The fraction of sp³-hybridized carbons (Fsp3) is 0.636. The van der Waals surface area contributed by atoms with Crippen LogP contribution >= 0.6 is 22.9 Å². The second-order valence-electron chi connectivity index (χ2n) is 3.97. The van der Waals surface area contributed by atoms with E-state index in [1.165, 1.54) is 29.7 Å². The van der Waals surface area contributed by atoms with E-state index in [9.17, 15) is 0 Å². The van der Waals surface area contributed by atoms with Crippen LogP contribution in [0.15, 0.2) is 6.07 Å². The Kier molecular flexibility index (Phi) is 4.03. The van der Waals surface area contributed by atoms with Gasteiger partial charge in [-0.15, -0.1) is 11.3 Å². The summed E-state index contributed by atoms with van der Waals surface area (Å²) in [6.45, 7) is 1.86. The molecule has 4 heteroatoms. The Balaban J connectivity index is 1.84. The fourth-order valence-corrected chi connectivity index (χ4v) is 3.44. The van der Waals surface area contributed by atoms with Crippen molar-refractivity contribution in [2.24, 2.45) is 5.73 Å². The van der Waals surface area contributed by atoms with E-state index in [0.717, 1.165) is 23.8 Å². The Morgan fingerprint density at radius 3 is 3.20 bits per heavy atom. The van der Waals surface area contributed by atoms with E-state index in [2.05, 4.69) is 11.4 Å². The normalized spacial score (nSPS) is 19.5. The number of hydrogen-bond donors (Lipinski definition) is 2. The van der Waals surface area contributed by atoms with Gasteiger partial charge in [-0.05, 0) is 50.4 Å². The van der Waals surface area contributed by atoms with E-state index in [1.807, 2.05) is 0 Å². The molecule has 15 heavy (non-hydrogen) atoms. The molecule has 2 rings (SSSR count). The van der Waals surface area contributed by atoms with Gasteiger partial charge < -0.3 is 11.1 Å². The molecule has 1 unspecified atom stereocenters. The largest absolute Gasteiger partial charge is 0.330 e. The third kappa shape index (κ3) is 2.72. The standard InChI is InChI=1S/C11H17ClN2S/c12-11-7-8-9(3-4-10(8)15-11)14-6-2-1-5-13/h7,9,14H,1-6,13H2. The zero-order chi connectivity index (χ0) is 10.7. The van der Waals surface area contributed by atoms with Crippen LogP contribution in [-0.4, -0.2) is 13.1 Å². The first-order valence-electron chi connectivity index (χ1n) is 5.53. The Hall–Kier alpha value is -0.0900. The Morgan fingerprint density at radius 1 is 1.53 bits per heavy atom. The summed E-state index contributed by atoms with van der Waals surface area (Å²) in [5.41, 5.74) is 6.89. The average Bonchev–Trinajstić information content (AvgIpc) is 2.73. The maximum atomic E-state index is 6.00. The highest BCUT2D eigenvalue weighted by atomic mass is 35.5. The van der Waals surface area contributed by atoms with E-state index in [0.29, 0.717) is 6.04 Å². The van der Waals surface area contributed by atoms with Crippen molar-refractivity contribution in [2.45, 2.75) is 31.7 Å². The van der Waals surface area contributed by atoms with Crippen LogP contribution in [0, 0.1) is 0 Å². The zero-order valence-electron chi connectivity index (χ0n) is 8.76. The van der Waals surface area contributed by atoms with Gasteiger partial charge in [0.15, 0.2) is 0 Å². The molecule has 3 N–H and O–H groups in total. The van der Waals surface area contributed by atoms with Crippen molar-refractivity contribution < 1.29 is 0 Å². The molecule has 0 radical (unpaired) electrons. The molecule has 1 aliphatic rings. The minimum atomic E-state index is 0.529. The molecular weight excluding hydrogens is 228 g/mol. The van der Waals surface area contributed by atoms with Crippen LogP contribution in [-0.2, 0) is 6.42 Å². The topological polar surface area (TPSA) is 38.0 Å². The molecule has 0 saturated heterocycles. The molecule has 0 aromatic carbocycles. The van der Waals surface area contributed by atoms with E-state index in [-0.39, 0.29) is 0 Å². The van der Waals surface area contributed by atoms with Crippen molar-refractivity contribution in [1.82, 2.24) is 5.32 Å². The summed E-state index contributed by atoms with van der Waals surface area (Å²) in [7, 11) is 0. The molecule has 0 bridgehead atoms. The van der Waals surface area contributed by atoms with Crippen molar-refractivity contribution in [2.75, 3.05) is 13.1 Å². The second kappa shape index (κ2) is 5.30. The van der Waals surface area contributed by atoms with Crippen molar-refractivity contribution in [3.8, 4) is 0 Å². The number of thiophene rings is 1. The molecule has 2 nitrogen and oxygen atoms in total. The lowest BCUT2D eigenvalue weighted by atomic mass is 10.1. The molecular formula is C11H17ClN2S. The lowest BCUT2D eigenvalue weighted by molar-refractivity contribution is 0.514. The predicted molar refractivity (Wildman–Crippen MR) is 66.7 cm³/mol. The van der Waals surface area contributed by atoms with Gasteiger partial charge in [-0.25, -0.2) is 0 Å². The number of hydrogen-bond acceptors (Lipinski definition) is 3. The third-order valence-corrected chi connectivity index (χ3v) is 4.21. The smallest absolute Gasteiger partial charge is 0.0934 e. The zero-order valence-corrected chi connectivity index (χ0v) is 10.3. The maximum Gasteiger partial charge on any atom is 0.0934 e. The highest BCUT2D eigenvalue weighted by molar-refractivity contribution is 7.16. The van der Waals surface area contributed by atoms with Crippen molar-refractivity contribution >= 4 is 22.9 Å². The van der Waals surface area contributed by atoms with E-state index < -0.39 is 0 Å². The summed E-state index contributed by atoms with van der Waals surface area (Å²) in [4.78, 5) is 1.47. The number of rotatable bonds is 5. The van der Waals surface area contributed by atoms with Gasteiger partial charge in [0, 0.05) is 10.9 Å². The van der Waals surface area contributed by atoms with Crippen LogP contribution in [0.1, 0.15) is 35.7 Å². The molecule has 0 saturated carbocycles. The van der Waals surface area contributed by atoms with Crippen LogP contribution in [0.25, 0.3) is 0 Å². The Bertz CT molecular complexity index is 324. The summed E-state index contributed by atoms with van der Waals surface area (Å²) >= 11 is 7.73. The lowest BCUT2D eigenvalue weighted by Gasteiger charge is -2.12. The van der Waals surface area contributed by atoms with Gasteiger partial charge in [0.25, 0.3) is 0 Å². The number of aryl methyl sites for hydroxylation is 1. The number of nitrogens with two attached hydrogens (primary N) is 1. The quantitative estimate of drug-likeness (QED) is 0.782. The van der Waals surface area contributed by atoms with E-state index >= 15 is 0 Å². The summed E-state index contributed by atoms with van der Waals surface area (Å²) in [5.74, 6) is 0. The van der Waals surface area contributed by atoms with Gasteiger partial charge in [-0.2, -0.15) is 0 Å². The fourth-order valence-electron chi connectivity index (χ4n) is 2.09. The molecule has 1 atom stereocenters. The molecule has 0 spiro atoms. The molecule has 0 amide bonds. The first kappa shape index (κ1) is 11.4. The van der Waals surface area contributed by atoms with Gasteiger partial charge in [-0.1, -0.05) is 11.6 Å². The molecule has 1 aromatic heterocycles. The first-order chi connectivity index (χ1) is 7.31. The van der Waals surface area contributed by atoms with Crippen LogP contribution < -0.4 is 11.1 Å². The van der Waals surface area contributed by atoms with Gasteiger partial charge >= 0.3 is 0 Å². The summed E-state index contributed by atoms with van der Waals surface area (Å²) < 4.78 is 0.924. The molecule has 1 aliphatic carbocycles. The first-order valence-corrected chi connectivity index (χ1v) is 6.72. The SMILES string of the molecule is NCCCCNC1CCc2sc(Cl)cc21. The van der Waals surface area contributed by atoms with E-state index in [1.54, 1.807) is 11.3 Å². The Labute approximate surface area is 99.8 Å². The van der Waals surface area contributed by atoms with Crippen molar-refractivity contribution in [3.63, 3.8) is 0 Å². The average molecular weight is 245 g/mol. The minimum absolute atomic E-state index is 0.529. The molecule has 1 heterocycles. The molecule has 0 fully saturated rings.